The second-order valence-corrected chi connectivity index (χ2v) is 9.78. The SMILES string of the molecule is O=C(O)C(=O)O[C@H](COc1cccc2[nH]ccc12)CN1CCC(C(c2ccccc2)c2ccccc2)CC1. The number of H-pyrrole nitrogens is 1. The first kappa shape index (κ1) is 25.5. The first-order chi connectivity index (χ1) is 18.6. The molecule has 1 aromatic heterocycles. The van der Waals surface area contributed by atoms with Crippen LogP contribution < -0.4 is 4.74 Å². The van der Waals surface area contributed by atoms with Gasteiger partial charge in [-0.1, -0.05) is 66.7 Å². The van der Waals surface area contributed by atoms with E-state index in [-0.39, 0.29) is 6.61 Å². The third-order valence-electron chi connectivity index (χ3n) is 7.31. The van der Waals surface area contributed by atoms with Gasteiger partial charge < -0.3 is 19.6 Å². The van der Waals surface area contributed by atoms with Gasteiger partial charge in [0.15, 0.2) is 0 Å². The van der Waals surface area contributed by atoms with Crippen molar-refractivity contribution in [3.63, 3.8) is 0 Å². The molecule has 2 N–H and O–H groups in total. The summed E-state index contributed by atoms with van der Waals surface area (Å²) in [5.74, 6) is -1.42. The molecule has 0 saturated carbocycles. The zero-order valence-corrected chi connectivity index (χ0v) is 21.2. The number of nitrogens with zero attached hydrogens (tertiary/aromatic N) is 1. The Kier molecular flexibility index (Phi) is 8.04. The fourth-order valence-corrected chi connectivity index (χ4v) is 5.51. The third kappa shape index (κ3) is 6.06. The average Bonchev–Trinajstić information content (AvgIpc) is 3.44. The molecular weight excluding hydrogens is 480 g/mol. The zero-order valence-electron chi connectivity index (χ0n) is 21.2. The Morgan fingerprint density at radius 1 is 0.895 bits per heavy atom. The van der Waals surface area contributed by atoms with E-state index in [9.17, 15) is 9.59 Å². The summed E-state index contributed by atoms with van der Waals surface area (Å²) in [6.07, 6.45) is 3.10. The number of likely N-dealkylation sites (tertiary alicyclic amines) is 1. The standard InChI is InChI=1S/C31H32N2O5/c34-30(35)31(36)38-25(21-37-28-13-7-12-27-26(28)14-17-32-27)20-33-18-15-24(16-19-33)29(22-8-3-1-4-9-22)23-10-5-2-6-11-23/h1-14,17,24-25,29,32H,15-16,18-21H2,(H,34,35)/t25-/m0/s1. The number of aliphatic carboxylic acids is 1. The number of hydrogen-bond donors (Lipinski definition) is 2. The van der Waals surface area contributed by atoms with Crippen molar-refractivity contribution in [1.29, 1.82) is 0 Å². The molecule has 1 saturated heterocycles. The molecule has 196 valence electrons. The van der Waals surface area contributed by atoms with Crippen LogP contribution in [-0.2, 0) is 14.3 Å². The van der Waals surface area contributed by atoms with Crippen molar-refractivity contribution in [1.82, 2.24) is 9.88 Å². The number of nitrogens with one attached hydrogen (secondary N) is 1. The predicted octanol–water partition coefficient (Wildman–Crippen LogP) is 5.09. The quantitative estimate of drug-likeness (QED) is 0.240. The Hall–Kier alpha value is -4.10. The normalized spacial score (nSPS) is 15.4. The summed E-state index contributed by atoms with van der Waals surface area (Å²) in [5, 5.41) is 10.0. The van der Waals surface area contributed by atoms with Crippen LogP contribution in [-0.4, -0.2) is 59.3 Å². The number of carboxylic acid groups (broad SMARTS) is 1. The molecular formula is C31H32N2O5. The minimum Gasteiger partial charge on any atom is -0.489 e. The van der Waals surface area contributed by atoms with E-state index in [2.05, 4.69) is 58.4 Å². The van der Waals surface area contributed by atoms with Gasteiger partial charge in [-0.2, -0.15) is 0 Å². The van der Waals surface area contributed by atoms with Crippen molar-refractivity contribution in [2.45, 2.75) is 24.9 Å². The lowest BCUT2D eigenvalue weighted by molar-refractivity contribution is -0.169. The molecule has 0 spiro atoms. The van der Waals surface area contributed by atoms with Gasteiger partial charge in [0.05, 0.1) is 0 Å². The molecule has 1 atom stereocenters. The van der Waals surface area contributed by atoms with Crippen molar-refractivity contribution >= 4 is 22.8 Å². The van der Waals surface area contributed by atoms with Crippen molar-refractivity contribution < 1.29 is 24.2 Å². The smallest absolute Gasteiger partial charge is 0.417 e. The van der Waals surface area contributed by atoms with Gasteiger partial charge in [0.1, 0.15) is 18.5 Å². The van der Waals surface area contributed by atoms with Crippen LogP contribution in [0.2, 0.25) is 0 Å². The van der Waals surface area contributed by atoms with Crippen molar-refractivity contribution in [2.24, 2.45) is 5.92 Å². The Morgan fingerprint density at radius 2 is 1.55 bits per heavy atom. The molecule has 1 aliphatic rings. The van der Waals surface area contributed by atoms with Gasteiger partial charge >= 0.3 is 11.9 Å². The molecule has 1 aliphatic heterocycles. The number of aromatic nitrogens is 1. The number of carbonyl (C=O) groups is 2. The monoisotopic (exact) mass is 512 g/mol. The van der Waals surface area contributed by atoms with Crippen molar-refractivity contribution in [3.8, 4) is 5.75 Å². The fourth-order valence-electron chi connectivity index (χ4n) is 5.51. The van der Waals surface area contributed by atoms with Gasteiger partial charge in [-0.05, 0) is 61.2 Å². The number of esters is 1. The topological polar surface area (TPSA) is 91.9 Å². The highest BCUT2D eigenvalue weighted by Gasteiger charge is 2.31. The Balaban J connectivity index is 1.25. The highest BCUT2D eigenvalue weighted by atomic mass is 16.6. The first-order valence-corrected chi connectivity index (χ1v) is 13.0. The van der Waals surface area contributed by atoms with Gasteiger partial charge in [0.2, 0.25) is 0 Å². The number of rotatable bonds is 9. The molecule has 2 heterocycles. The molecule has 0 aliphatic carbocycles. The van der Waals surface area contributed by atoms with Crippen LogP contribution in [0.3, 0.4) is 0 Å². The lowest BCUT2D eigenvalue weighted by Gasteiger charge is -2.37. The molecule has 4 aromatic rings. The average molecular weight is 513 g/mol. The lowest BCUT2D eigenvalue weighted by Crippen LogP contribution is -2.44. The summed E-state index contributed by atoms with van der Waals surface area (Å²) < 4.78 is 11.4. The van der Waals surface area contributed by atoms with Crippen LogP contribution in [0.15, 0.2) is 91.1 Å². The Morgan fingerprint density at radius 3 is 2.18 bits per heavy atom. The van der Waals surface area contributed by atoms with Crippen LogP contribution in [0.1, 0.15) is 29.9 Å². The van der Waals surface area contributed by atoms with Gasteiger partial charge in [-0.3, -0.25) is 4.90 Å². The summed E-state index contributed by atoms with van der Waals surface area (Å²) in [5.41, 5.74) is 3.57. The van der Waals surface area contributed by atoms with E-state index in [1.165, 1.54) is 11.1 Å². The second-order valence-electron chi connectivity index (χ2n) is 9.78. The number of ether oxygens (including phenoxy) is 2. The van der Waals surface area contributed by atoms with E-state index in [0.717, 1.165) is 36.8 Å². The lowest BCUT2D eigenvalue weighted by atomic mass is 9.76. The van der Waals surface area contributed by atoms with E-state index in [1.54, 1.807) is 0 Å². The summed E-state index contributed by atoms with van der Waals surface area (Å²) in [6, 6.07) is 28.9. The van der Waals surface area contributed by atoms with E-state index in [1.807, 2.05) is 42.6 Å². The van der Waals surface area contributed by atoms with Gasteiger partial charge in [0.25, 0.3) is 0 Å². The predicted molar refractivity (Wildman–Crippen MR) is 145 cm³/mol. The number of hydrogen-bond acceptors (Lipinski definition) is 5. The molecule has 3 aromatic carbocycles. The van der Waals surface area contributed by atoms with Crippen molar-refractivity contribution in [3.05, 3.63) is 102 Å². The minimum atomic E-state index is -1.60. The van der Waals surface area contributed by atoms with E-state index < -0.39 is 18.0 Å². The largest absolute Gasteiger partial charge is 0.489 e. The van der Waals surface area contributed by atoms with Crippen LogP contribution in [0, 0.1) is 5.92 Å². The molecule has 1 fully saturated rings. The van der Waals surface area contributed by atoms with E-state index in [4.69, 9.17) is 14.6 Å². The van der Waals surface area contributed by atoms with Crippen LogP contribution in [0.5, 0.6) is 5.75 Å². The van der Waals surface area contributed by atoms with Gasteiger partial charge in [-0.15, -0.1) is 0 Å². The first-order valence-electron chi connectivity index (χ1n) is 13.0. The maximum atomic E-state index is 11.9. The van der Waals surface area contributed by atoms with Crippen LogP contribution in [0.4, 0.5) is 0 Å². The van der Waals surface area contributed by atoms with Crippen LogP contribution >= 0.6 is 0 Å². The number of piperidine rings is 1. The van der Waals surface area contributed by atoms with Gasteiger partial charge in [-0.25, -0.2) is 9.59 Å². The molecule has 0 amide bonds. The second kappa shape index (κ2) is 12.0. The number of carboxylic acids is 1. The molecule has 7 heteroatoms. The number of fused-ring (bicyclic) bond motifs is 1. The van der Waals surface area contributed by atoms with Gasteiger partial charge in [0, 0.05) is 29.6 Å². The Bertz CT molecular complexity index is 1310. The molecule has 5 rings (SSSR count). The highest BCUT2D eigenvalue weighted by molar-refractivity contribution is 6.28. The maximum absolute atomic E-state index is 11.9. The van der Waals surface area contributed by atoms with Crippen molar-refractivity contribution in [2.75, 3.05) is 26.2 Å². The maximum Gasteiger partial charge on any atom is 0.417 e. The number of carbonyl (C=O) groups excluding carboxylic acids is 1. The zero-order chi connectivity index (χ0) is 26.3. The number of benzene rings is 3. The van der Waals surface area contributed by atoms with E-state index >= 15 is 0 Å². The Labute approximate surface area is 222 Å². The number of aromatic amines is 1. The third-order valence-corrected chi connectivity index (χ3v) is 7.31. The van der Waals surface area contributed by atoms with E-state index in [0.29, 0.717) is 24.1 Å². The van der Waals surface area contributed by atoms with Crippen LogP contribution in [0.25, 0.3) is 10.9 Å². The highest BCUT2D eigenvalue weighted by Crippen LogP contribution is 2.38. The molecule has 38 heavy (non-hydrogen) atoms. The minimum absolute atomic E-state index is 0.0693. The molecule has 0 unspecified atom stereocenters. The summed E-state index contributed by atoms with van der Waals surface area (Å²) in [7, 11) is 0. The molecule has 0 bridgehead atoms. The molecule has 7 nitrogen and oxygen atoms in total. The fraction of sp³-hybridized carbons (Fsp3) is 0.290. The summed E-state index contributed by atoms with van der Waals surface area (Å²) in [6.45, 7) is 2.14. The summed E-state index contributed by atoms with van der Waals surface area (Å²) in [4.78, 5) is 28.5. The summed E-state index contributed by atoms with van der Waals surface area (Å²) >= 11 is 0. The molecule has 0 radical (unpaired) electrons.